The van der Waals surface area contributed by atoms with E-state index < -0.39 is 23.6 Å². The van der Waals surface area contributed by atoms with Gasteiger partial charge < -0.3 is 20.1 Å². The molecular formula is C21H32F2N2O4. The topological polar surface area (TPSA) is 78.9 Å². The van der Waals surface area contributed by atoms with E-state index in [0.29, 0.717) is 19.6 Å². The van der Waals surface area contributed by atoms with Crippen molar-refractivity contribution in [1.82, 2.24) is 10.2 Å². The van der Waals surface area contributed by atoms with Crippen LogP contribution in [0.3, 0.4) is 0 Å². The number of hydrogen-bond donors (Lipinski definition) is 2. The molecule has 1 aromatic rings. The Balaban J connectivity index is 2.07. The molecule has 0 heterocycles. The monoisotopic (exact) mass is 414 g/mol. The lowest BCUT2D eigenvalue weighted by Crippen LogP contribution is -2.42. The minimum Gasteiger partial charge on any atom is -0.481 e. The van der Waals surface area contributed by atoms with Crippen molar-refractivity contribution in [2.45, 2.75) is 57.6 Å². The maximum atomic E-state index is 13.4. The number of carboxylic acid groups (broad SMARTS) is 1. The Morgan fingerprint density at radius 3 is 2.52 bits per heavy atom. The van der Waals surface area contributed by atoms with Crippen molar-refractivity contribution in [1.29, 1.82) is 0 Å². The van der Waals surface area contributed by atoms with Gasteiger partial charge in [0, 0.05) is 25.1 Å². The average molecular weight is 414 g/mol. The summed E-state index contributed by atoms with van der Waals surface area (Å²) in [7, 11) is 3.67. The van der Waals surface area contributed by atoms with Crippen LogP contribution in [-0.2, 0) is 20.9 Å². The number of aliphatic carboxylic acids is 1. The maximum absolute atomic E-state index is 13.4. The van der Waals surface area contributed by atoms with E-state index in [-0.39, 0.29) is 24.5 Å². The van der Waals surface area contributed by atoms with Crippen LogP contribution in [0.1, 0.15) is 50.5 Å². The summed E-state index contributed by atoms with van der Waals surface area (Å²) in [5, 5.41) is 11.7. The Morgan fingerprint density at radius 2 is 1.83 bits per heavy atom. The van der Waals surface area contributed by atoms with Crippen LogP contribution in [0, 0.1) is 11.6 Å². The highest BCUT2D eigenvalue weighted by Gasteiger charge is 2.16. The first kappa shape index (κ1) is 25.0. The molecule has 29 heavy (non-hydrogen) atoms. The molecule has 1 aromatic carbocycles. The van der Waals surface area contributed by atoms with Gasteiger partial charge in [-0.2, -0.15) is 0 Å². The van der Waals surface area contributed by atoms with Gasteiger partial charge in [-0.1, -0.05) is 19.3 Å². The highest BCUT2D eigenvalue weighted by Crippen LogP contribution is 2.12. The van der Waals surface area contributed by atoms with E-state index in [9.17, 15) is 18.4 Å². The summed E-state index contributed by atoms with van der Waals surface area (Å²) in [6, 6.07) is 2.91. The second-order valence-electron chi connectivity index (χ2n) is 7.43. The molecule has 0 aromatic heterocycles. The van der Waals surface area contributed by atoms with E-state index in [1.807, 2.05) is 19.0 Å². The molecule has 1 atom stereocenters. The molecule has 8 heteroatoms. The first-order valence-electron chi connectivity index (χ1n) is 9.95. The number of carboxylic acids is 1. The Morgan fingerprint density at radius 1 is 1.14 bits per heavy atom. The Hall–Kier alpha value is -2.06. The lowest BCUT2D eigenvalue weighted by molar-refractivity contribution is -0.137. The molecule has 0 aliphatic heterocycles. The third kappa shape index (κ3) is 12.2. The summed E-state index contributed by atoms with van der Waals surface area (Å²) >= 11 is 0. The summed E-state index contributed by atoms with van der Waals surface area (Å²) in [6.45, 7) is 1.00. The second kappa shape index (κ2) is 14.0. The van der Waals surface area contributed by atoms with Gasteiger partial charge in [-0.15, -0.1) is 0 Å². The van der Waals surface area contributed by atoms with Gasteiger partial charge in [0.05, 0.1) is 19.1 Å². The van der Waals surface area contributed by atoms with Gasteiger partial charge in [0.25, 0.3) is 0 Å². The number of unbranched alkanes of at least 4 members (excludes halogenated alkanes) is 4. The number of likely N-dealkylation sites (N-methyl/N-ethyl adjacent to an activating group) is 1. The second-order valence-corrected chi connectivity index (χ2v) is 7.43. The summed E-state index contributed by atoms with van der Waals surface area (Å²) in [6.07, 6.45) is 4.60. The fourth-order valence-electron chi connectivity index (χ4n) is 2.97. The fraction of sp³-hybridized carbons (Fsp3) is 0.619. The molecule has 0 fully saturated rings. The first-order valence-corrected chi connectivity index (χ1v) is 9.95. The summed E-state index contributed by atoms with van der Waals surface area (Å²) < 4.78 is 31.9. The van der Waals surface area contributed by atoms with E-state index in [2.05, 4.69) is 5.32 Å². The molecule has 0 aliphatic rings. The lowest BCUT2D eigenvalue weighted by Gasteiger charge is -2.20. The number of hydrogen-bond acceptors (Lipinski definition) is 4. The first-order chi connectivity index (χ1) is 13.8. The number of amides is 1. The molecule has 0 aliphatic carbocycles. The number of ether oxygens (including phenoxy) is 1. The molecule has 164 valence electrons. The molecule has 0 bridgehead atoms. The van der Waals surface area contributed by atoms with Gasteiger partial charge >= 0.3 is 5.97 Å². The molecule has 1 rings (SSSR count). The molecule has 2 N–H and O–H groups in total. The number of rotatable bonds is 15. The van der Waals surface area contributed by atoms with Gasteiger partial charge in [-0.05, 0) is 45.1 Å². The van der Waals surface area contributed by atoms with Crippen molar-refractivity contribution in [3.8, 4) is 0 Å². The summed E-state index contributed by atoms with van der Waals surface area (Å²) in [4.78, 5) is 24.7. The third-order valence-electron chi connectivity index (χ3n) is 4.33. The van der Waals surface area contributed by atoms with Crippen LogP contribution in [0.4, 0.5) is 8.78 Å². The zero-order valence-electron chi connectivity index (χ0n) is 17.3. The Kier molecular flexibility index (Phi) is 12.1. The van der Waals surface area contributed by atoms with Crippen LogP contribution < -0.4 is 5.32 Å². The standard InChI is InChI=1S/C21H32F2N2O4/c1-25(2)14-18(13-21(27)28)24-20(26)8-6-4-3-5-7-11-29-15-16-12-17(22)9-10-19(16)23/h9-10,12,18H,3-8,11,13-15H2,1-2H3,(H,24,26)(H,27,28)/t18-/m1/s1. The van der Waals surface area contributed by atoms with E-state index in [1.54, 1.807) is 0 Å². The van der Waals surface area contributed by atoms with Gasteiger partial charge in [0.2, 0.25) is 5.91 Å². The van der Waals surface area contributed by atoms with Crippen LogP contribution in [0.2, 0.25) is 0 Å². The van der Waals surface area contributed by atoms with Crippen molar-refractivity contribution in [2.75, 3.05) is 27.2 Å². The number of carbonyl (C=O) groups excluding carboxylic acids is 1. The third-order valence-corrected chi connectivity index (χ3v) is 4.33. The molecular weight excluding hydrogens is 382 g/mol. The lowest BCUT2D eigenvalue weighted by atomic mass is 10.1. The smallest absolute Gasteiger partial charge is 0.305 e. The van der Waals surface area contributed by atoms with Crippen LogP contribution in [0.5, 0.6) is 0 Å². The molecule has 0 spiro atoms. The molecule has 0 saturated carbocycles. The van der Waals surface area contributed by atoms with Crippen molar-refractivity contribution in [3.05, 3.63) is 35.4 Å². The number of benzene rings is 1. The summed E-state index contributed by atoms with van der Waals surface area (Å²) in [5.41, 5.74) is 0.214. The summed E-state index contributed by atoms with van der Waals surface area (Å²) in [5.74, 6) is -2.01. The molecule has 0 radical (unpaired) electrons. The molecule has 6 nitrogen and oxygen atoms in total. The number of nitrogens with one attached hydrogen (secondary N) is 1. The van der Waals surface area contributed by atoms with Gasteiger partial charge in [0.15, 0.2) is 0 Å². The van der Waals surface area contributed by atoms with E-state index in [1.165, 1.54) is 0 Å². The largest absolute Gasteiger partial charge is 0.481 e. The Labute approximate surface area is 171 Å². The van der Waals surface area contributed by atoms with Crippen molar-refractivity contribution < 1.29 is 28.2 Å². The van der Waals surface area contributed by atoms with Gasteiger partial charge in [0.1, 0.15) is 11.6 Å². The SMILES string of the molecule is CN(C)C[C@@H](CC(=O)O)NC(=O)CCCCCCCOCc1cc(F)ccc1F. The zero-order chi connectivity index (χ0) is 21.6. The van der Waals surface area contributed by atoms with E-state index in [0.717, 1.165) is 50.3 Å². The molecule has 0 saturated heterocycles. The Bertz CT molecular complexity index is 641. The predicted octanol–water partition coefficient (Wildman–Crippen LogP) is 3.34. The predicted molar refractivity (Wildman–Crippen MR) is 106 cm³/mol. The van der Waals surface area contributed by atoms with Crippen LogP contribution in [0.15, 0.2) is 18.2 Å². The van der Waals surface area contributed by atoms with Gasteiger partial charge in [-0.3, -0.25) is 9.59 Å². The number of nitrogens with zero attached hydrogens (tertiary/aromatic N) is 1. The minimum absolute atomic E-state index is 0.0498. The highest BCUT2D eigenvalue weighted by atomic mass is 19.1. The van der Waals surface area contributed by atoms with Crippen LogP contribution >= 0.6 is 0 Å². The zero-order valence-corrected chi connectivity index (χ0v) is 17.3. The van der Waals surface area contributed by atoms with Crippen molar-refractivity contribution in [3.63, 3.8) is 0 Å². The van der Waals surface area contributed by atoms with Crippen molar-refractivity contribution in [2.24, 2.45) is 0 Å². The number of carbonyl (C=O) groups is 2. The average Bonchev–Trinajstić information content (AvgIpc) is 2.61. The van der Waals surface area contributed by atoms with Crippen LogP contribution in [0.25, 0.3) is 0 Å². The normalized spacial score (nSPS) is 12.2. The maximum Gasteiger partial charge on any atom is 0.305 e. The fourth-order valence-corrected chi connectivity index (χ4v) is 2.97. The quantitative estimate of drug-likeness (QED) is 0.431. The van der Waals surface area contributed by atoms with Crippen molar-refractivity contribution >= 4 is 11.9 Å². The molecule has 1 amide bonds. The number of halogens is 2. The highest BCUT2D eigenvalue weighted by molar-refractivity contribution is 5.77. The van der Waals surface area contributed by atoms with Crippen LogP contribution in [-0.4, -0.2) is 55.2 Å². The van der Waals surface area contributed by atoms with Gasteiger partial charge in [-0.25, -0.2) is 8.78 Å². The van der Waals surface area contributed by atoms with E-state index in [4.69, 9.17) is 9.84 Å². The molecule has 0 unspecified atom stereocenters. The minimum atomic E-state index is -0.931. The van der Waals surface area contributed by atoms with E-state index >= 15 is 0 Å².